The Hall–Kier alpha value is -10.7. The number of hydrogen-bond acceptors (Lipinski definition) is 2. The van der Waals surface area contributed by atoms with Crippen LogP contribution in [0, 0.1) is 0 Å². The zero-order chi connectivity index (χ0) is 57.4. The second kappa shape index (κ2) is 18.9. The maximum absolute atomic E-state index is 5.68. The third-order valence-corrected chi connectivity index (χ3v) is 19.0. The Kier molecular flexibility index (Phi) is 11.0. The molecule has 0 atom stereocenters. The van der Waals surface area contributed by atoms with Crippen molar-refractivity contribution in [2.45, 2.75) is 38.5 Å². The molecular weight excluding hydrogens is 1040 g/mol. The topological polar surface area (TPSA) is 35.6 Å². The van der Waals surface area contributed by atoms with Crippen LogP contribution < -0.4 is 0 Å². The van der Waals surface area contributed by atoms with Crippen molar-refractivity contribution in [3.8, 4) is 101 Å². The molecule has 4 heteroatoms. The van der Waals surface area contributed by atoms with Crippen LogP contribution >= 0.6 is 0 Å². The molecule has 2 aliphatic rings. The molecule has 15 aromatic rings. The summed E-state index contributed by atoms with van der Waals surface area (Å²) in [5.41, 5.74) is 29.1. The molecule has 2 aliphatic carbocycles. The van der Waals surface area contributed by atoms with Crippen LogP contribution in [0.2, 0.25) is 0 Å². The van der Waals surface area contributed by atoms with E-state index in [0.29, 0.717) is 5.95 Å². The molecule has 0 amide bonds. The number of aromatic nitrogens is 4. The predicted molar refractivity (Wildman–Crippen MR) is 358 cm³/mol. The van der Waals surface area contributed by atoms with Gasteiger partial charge in [0.15, 0.2) is 0 Å². The van der Waals surface area contributed by atoms with Crippen molar-refractivity contribution in [1.29, 1.82) is 0 Å². The molecule has 4 nitrogen and oxygen atoms in total. The minimum atomic E-state index is -0.121. The van der Waals surface area contributed by atoms with Crippen molar-refractivity contribution in [3.05, 3.63) is 301 Å². The zero-order valence-electron chi connectivity index (χ0n) is 48.3. The van der Waals surface area contributed by atoms with Crippen LogP contribution in [0.3, 0.4) is 0 Å². The Morgan fingerprint density at radius 1 is 0.244 bits per heavy atom. The summed E-state index contributed by atoms with van der Waals surface area (Å²) in [6.07, 6.45) is 0. The first-order valence-electron chi connectivity index (χ1n) is 29.9. The van der Waals surface area contributed by atoms with E-state index in [1.165, 1.54) is 83.1 Å². The van der Waals surface area contributed by atoms with Crippen LogP contribution in [-0.2, 0) is 10.8 Å². The van der Waals surface area contributed by atoms with Crippen molar-refractivity contribution in [3.63, 3.8) is 0 Å². The largest absolute Gasteiger partial charge is 0.309 e. The lowest BCUT2D eigenvalue weighted by Crippen LogP contribution is -2.14. The maximum Gasteiger partial charge on any atom is 0.235 e. The standard InChI is InChI=1S/C82H58N4/c1-81(2)70-28-12-8-24-62(70)64-40-36-55(46-72(64)81)57-38-42-68-66-26-10-14-30-76(66)85(78(68)48-57)61-23-17-22-60(45-61)75-50-74(59-21-16-20-54(44-59)53-34-32-52(33-35-53)51-18-6-5-7-19-51)83-80(84-75)86-77-31-15-11-27-67(77)69-43-39-58(49-79(69)86)56-37-41-65-63-25-9-13-29-71(63)82(3,4)73(65)47-56/h5-50H,1-4H3. The minimum absolute atomic E-state index is 0.0986. The van der Waals surface area contributed by atoms with Gasteiger partial charge in [-0.2, -0.15) is 0 Å². The van der Waals surface area contributed by atoms with Gasteiger partial charge in [-0.15, -0.1) is 0 Å². The summed E-state index contributed by atoms with van der Waals surface area (Å²) >= 11 is 0. The molecule has 0 bridgehead atoms. The van der Waals surface area contributed by atoms with Crippen molar-refractivity contribution < 1.29 is 0 Å². The third-order valence-electron chi connectivity index (χ3n) is 19.0. The lowest BCUT2D eigenvalue weighted by atomic mass is 9.81. The van der Waals surface area contributed by atoms with Gasteiger partial charge in [0.2, 0.25) is 5.95 Å². The van der Waals surface area contributed by atoms with Gasteiger partial charge in [0, 0.05) is 49.2 Å². The average Bonchev–Trinajstić information content (AvgIpc) is 1.79. The summed E-state index contributed by atoms with van der Waals surface area (Å²) in [6.45, 7) is 9.42. The first kappa shape index (κ1) is 49.9. The molecule has 3 aromatic heterocycles. The normalized spacial score (nSPS) is 13.5. The zero-order valence-corrected chi connectivity index (χ0v) is 48.3. The highest BCUT2D eigenvalue weighted by atomic mass is 15.2. The van der Waals surface area contributed by atoms with Crippen LogP contribution in [0.25, 0.3) is 145 Å². The molecule has 12 aromatic carbocycles. The first-order chi connectivity index (χ1) is 42.1. The summed E-state index contributed by atoms with van der Waals surface area (Å²) in [5, 5.41) is 4.73. The molecule has 0 saturated carbocycles. The number of hydrogen-bond donors (Lipinski definition) is 0. The van der Waals surface area contributed by atoms with Gasteiger partial charge in [-0.1, -0.05) is 246 Å². The highest BCUT2D eigenvalue weighted by Crippen LogP contribution is 2.52. The van der Waals surface area contributed by atoms with Crippen molar-refractivity contribution in [1.82, 2.24) is 19.1 Å². The fourth-order valence-electron chi connectivity index (χ4n) is 14.5. The lowest BCUT2D eigenvalue weighted by Gasteiger charge is -2.22. The monoisotopic (exact) mass is 1100 g/mol. The summed E-state index contributed by atoms with van der Waals surface area (Å²) in [7, 11) is 0. The molecule has 0 N–H and O–H groups in total. The van der Waals surface area contributed by atoms with E-state index in [9.17, 15) is 0 Å². The maximum atomic E-state index is 5.68. The highest BCUT2D eigenvalue weighted by molar-refractivity contribution is 6.11. The second-order valence-corrected chi connectivity index (χ2v) is 24.5. The SMILES string of the molecule is CC1(C)c2ccccc2-c2ccc(-c3ccc4c5ccccc5n(-c5cccc(-c6cc(-c7cccc(-c8ccc(-c9ccccc9)cc8)c7)nc(-n7c8ccccc8c8ccc(-c9ccc%10c(c9)C(C)(C)c9ccccc9-%10)cc87)n6)c5)c4c3)cc21. The van der Waals surface area contributed by atoms with E-state index in [4.69, 9.17) is 9.97 Å². The van der Waals surface area contributed by atoms with Crippen LogP contribution in [0.15, 0.2) is 279 Å². The van der Waals surface area contributed by atoms with Crippen LogP contribution in [0.5, 0.6) is 0 Å². The fourth-order valence-corrected chi connectivity index (χ4v) is 14.5. The first-order valence-corrected chi connectivity index (χ1v) is 29.9. The van der Waals surface area contributed by atoms with Crippen molar-refractivity contribution in [2.75, 3.05) is 0 Å². The van der Waals surface area contributed by atoms with Crippen LogP contribution in [-0.4, -0.2) is 19.1 Å². The number of rotatable bonds is 8. The quantitative estimate of drug-likeness (QED) is 0.152. The molecule has 86 heavy (non-hydrogen) atoms. The van der Waals surface area contributed by atoms with E-state index in [0.717, 1.165) is 77.7 Å². The third kappa shape index (κ3) is 7.69. The average molecular weight is 1100 g/mol. The van der Waals surface area contributed by atoms with E-state index >= 15 is 0 Å². The lowest BCUT2D eigenvalue weighted by molar-refractivity contribution is 0.660. The van der Waals surface area contributed by atoms with Gasteiger partial charge in [-0.3, -0.25) is 4.57 Å². The number of benzene rings is 12. The number of nitrogens with zero attached hydrogens (tertiary/aromatic N) is 4. The summed E-state index contributed by atoms with van der Waals surface area (Å²) in [5.74, 6) is 0.608. The predicted octanol–water partition coefficient (Wildman–Crippen LogP) is 21.3. The Bertz CT molecular complexity index is 5280. The van der Waals surface area contributed by atoms with E-state index in [2.05, 4.69) is 316 Å². The van der Waals surface area contributed by atoms with Gasteiger partial charge in [0.25, 0.3) is 0 Å². The molecular formula is C82H58N4. The summed E-state index contributed by atoms with van der Waals surface area (Å²) < 4.78 is 4.73. The van der Waals surface area contributed by atoms with Gasteiger partial charge >= 0.3 is 0 Å². The van der Waals surface area contributed by atoms with Gasteiger partial charge in [-0.25, -0.2) is 9.97 Å². The second-order valence-electron chi connectivity index (χ2n) is 24.5. The van der Waals surface area contributed by atoms with Gasteiger partial charge in [-0.05, 0) is 150 Å². The number of fused-ring (bicyclic) bond motifs is 12. The van der Waals surface area contributed by atoms with Crippen LogP contribution in [0.4, 0.5) is 0 Å². The Labute approximate surface area is 500 Å². The molecule has 0 unspecified atom stereocenters. The molecule has 406 valence electrons. The number of para-hydroxylation sites is 2. The van der Waals surface area contributed by atoms with Gasteiger partial charge in [0.05, 0.1) is 33.5 Å². The van der Waals surface area contributed by atoms with E-state index in [1.54, 1.807) is 0 Å². The fraction of sp³-hybridized carbons (Fsp3) is 0.0732. The van der Waals surface area contributed by atoms with E-state index in [-0.39, 0.29) is 10.8 Å². The Balaban J connectivity index is 0.832. The molecule has 0 radical (unpaired) electrons. The van der Waals surface area contributed by atoms with E-state index in [1.807, 2.05) is 0 Å². The smallest absolute Gasteiger partial charge is 0.235 e. The van der Waals surface area contributed by atoms with Gasteiger partial charge in [0.1, 0.15) is 0 Å². The van der Waals surface area contributed by atoms with Gasteiger partial charge < -0.3 is 4.57 Å². The molecule has 0 fully saturated rings. The molecule has 0 saturated heterocycles. The Morgan fingerprint density at radius 3 is 1.22 bits per heavy atom. The highest BCUT2D eigenvalue weighted by Gasteiger charge is 2.37. The van der Waals surface area contributed by atoms with Crippen molar-refractivity contribution in [2.24, 2.45) is 0 Å². The Morgan fingerprint density at radius 2 is 0.628 bits per heavy atom. The summed E-state index contributed by atoms with van der Waals surface area (Å²) in [4.78, 5) is 11.3. The molecule has 3 heterocycles. The van der Waals surface area contributed by atoms with Crippen molar-refractivity contribution >= 4 is 43.6 Å². The molecule has 17 rings (SSSR count). The van der Waals surface area contributed by atoms with Crippen LogP contribution in [0.1, 0.15) is 49.9 Å². The summed E-state index contributed by atoms with van der Waals surface area (Å²) in [6, 6.07) is 103. The minimum Gasteiger partial charge on any atom is -0.309 e. The van der Waals surface area contributed by atoms with E-state index < -0.39 is 0 Å². The molecule has 0 aliphatic heterocycles. The molecule has 0 spiro atoms.